The van der Waals surface area contributed by atoms with Gasteiger partial charge in [-0.2, -0.15) is 0 Å². The molecule has 0 aliphatic heterocycles. The van der Waals surface area contributed by atoms with Crippen LogP contribution in [0.15, 0.2) is 73.1 Å². The lowest BCUT2D eigenvalue weighted by atomic mass is 9.91. The van der Waals surface area contributed by atoms with Gasteiger partial charge < -0.3 is 19.8 Å². The Hall–Kier alpha value is -3.95. The third kappa shape index (κ3) is 5.20. The molecule has 3 N–H and O–H groups in total. The molecule has 7 nitrogen and oxygen atoms in total. The first-order chi connectivity index (χ1) is 18.0. The van der Waals surface area contributed by atoms with Gasteiger partial charge >= 0.3 is 0 Å². The van der Waals surface area contributed by atoms with E-state index in [0.29, 0.717) is 45.9 Å². The normalized spacial score (nSPS) is 13.5. The van der Waals surface area contributed by atoms with E-state index in [1.165, 1.54) is 12.3 Å². The highest BCUT2D eigenvalue weighted by Crippen LogP contribution is 2.35. The second-order valence-electron chi connectivity index (χ2n) is 9.68. The quantitative estimate of drug-likeness (QED) is 0.239. The zero-order chi connectivity index (χ0) is 27.1. The Labute approximate surface area is 220 Å². The van der Waals surface area contributed by atoms with Crippen LogP contribution in [0, 0.1) is 12.7 Å². The number of halogens is 1. The summed E-state index contributed by atoms with van der Waals surface area (Å²) in [5, 5.41) is 12.3. The largest absolute Gasteiger partial charge is 0.454 e. The van der Waals surface area contributed by atoms with Crippen LogP contribution < -0.4 is 4.74 Å². The minimum atomic E-state index is -3.10. The summed E-state index contributed by atoms with van der Waals surface area (Å²) in [7, 11) is -3.10. The highest BCUT2D eigenvalue weighted by atomic mass is 32.2. The lowest BCUT2D eigenvalue weighted by Gasteiger charge is -2.23. The van der Waals surface area contributed by atoms with E-state index in [1.54, 1.807) is 55.7 Å². The number of rotatable bonds is 8. The zero-order valence-corrected chi connectivity index (χ0v) is 22.1. The molecule has 0 bridgehead atoms. The lowest BCUT2D eigenvalue weighted by molar-refractivity contribution is 0.0979. The van der Waals surface area contributed by atoms with Gasteiger partial charge in [-0.15, -0.1) is 0 Å². The maximum atomic E-state index is 14.8. The SMILES string of the molecule is Cc1c(Oc2cccc(-c3ncc(C(C)(O)c4cccc(CCS(C)(=O)=O)c4)[nH]3)c2)c(F)cc2[nH]ccc12. The maximum Gasteiger partial charge on any atom is 0.168 e. The summed E-state index contributed by atoms with van der Waals surface area (Å²) in [5.74, 6) is 0.694. The average molecular weight is 534 g/mol. The van der Waals surface area contributed by atoms with Gasteiger partial charge in [0.1, 0.15) is 27.0 Å². The molecule has 196 valence electrons. The number of fused-ring (bicyclic) bond motifs is 1. The number of nitrogens with one attached hydrogen (secondary N) is 2. The number of hydrogen-bond acceptors (Lipinski definition) is 5. The molecule has 0 amide bonds. The summed E-state index contributed by atoms with van der Waals surface area (Å²) in [6, 6.07) is 17.7. The standard InChI is InChI=1S/C29H28FN3O4S/c1-18-23-10-12-31-25(23)16-24(30)27(18)37-22-9-5-7-20(15-22)28-32-17-26(33-28)29(2,34)21-8-4-6-19(14-21)11-13-38(3,35)36/h4-10,12,14-17,31,34H,11,13H2,1-3H3,(H,32,33). The number of aromatic nitrogens is 3. The van der Waals surface area contributed by atoms with Crippen molar-refractivity contribution in [2.45, 2.75) is 25.9 Å². The fourth-order valence-corrected chi connectivity index (χ4v) is 5.08. The van der Waals surface area contributed by atoms with Crippen LogP contribution in [0.25, 0.3) is 22.3 Å². The third-order valence-electron chi connectivity index (χ3n) is 6.69. The molecule has 5 rings (SSSR count). The molecular formula is C29H28FN3O4S. The molecule has 38 heavy (non-hydrogen) atoms. The molecule has 0 spiro atoms. The minimum Gasteiger partial charge on any atom is -0.454 e. The molecule has 3 aromatic carbocycles. The monoisotopic (exact) mass is 533 g/mol. The van der Waals surface area contributed by atoms with Gasteiger partial charge in [0.05, 0.1) is 17.6 Å². The van der Waals surface area contributed by atoms with Crippen LogP contribution in [0.4, 0.5) is 4.39 Å². The van der Waals surface area contributed by atoms with Crippen molar-refractivity contribution in [3.63, 3.8) is 0 Å². The van der Waals surface area contributed by atoms with Crippen molar-refractivity contribution in [2.75, 3.05) is 12.0 Å². The number of nitrogens with zero attached hydrogens (tertiary/aromatic N) is 1. The molecule has 0 fully saturated rings. The number of aliphatic hydroxyl groups is 1. The van der Waals surface area contributed by atoms with Crippen LogP contribution in [-0.2, 0) is 21.9 Å². The van der Waals surface area contributed by atoms with Crippen molar-refractivity contribution in [1.29, 1.82) is 0 Å². The lowest BCUT2D eigenvalue weighted by Crippen LogP contribution is -2.23. The van der Waals surface area contributed by atoms with Crippen molar-refractivity contribution in [1.82, 2.24) is 15.0 Å². The van der Waals surface area contributed by atoms with Gasteiger partial charge in [-0.05, 0) is 49.6 Å². The highest BCUT2D eigenvalue weighted by molar-refractivity contribution is 7.90. The number of hydrogen-bond donors (Lipinski definition) is 3. The number of sulfone groups is 1. The molecule has 0 saturated heterocycles. The van der Waals surface area contributed by atoms with Gasteiger partial charge in [-0.1, -0.05) is 36.4 Å². The summed E-state index contributed by atoms with van der Waals surface area (Å²) in [6.07, 6.45) is 4.89. The Morgan fingerprint density at radius 3 is 2.68 bits per heavy atom. The van der Waals surface area contributed by atoms with Gasteiger partial charge in [-0.3, -0.25) is 0 Å². The molecule has 5 aromatic rings. The highest BCUT2D eigenvalue weighted by Gasteiger charge is 2.28. The first-order valence-electron chi connectivity index (χ1n) is 12.1. The van der Waals surface area contributed by atoms with E-state index < -0.39 is 21.3 Å². The van der Waals surface area contributed by atoms with Crippen molar-refractivity contribution in [2.24, 2.45) is 0 Å². The van der Waals surface area contributed by atoms with E-state index in [1.807, 2.05) is 25.1 Å². The first-order valence-corrected chi connectivity index (χ1v) is 14.2. The second-order valence-corrected chi connectivity index (χ2v) is 11.9. The van der Waals surface area contributed by atoms with E-state index in [2.05, 4.69) is 15.0 Å². The second kappa shape index (κ2) is 9.74. The van der Waals surface area contributed by atoms with Crippen molar-refractivity contribution in [3.8, 4) is 22.9 Å². The van der Waals surface area contributed by atoms with Crippen LogP contribution in [0.3, 0.4) is 0 Å². The smallest absolute Gasteiger partial charge is 0.168 e. The van der Waals surface area contributed by atoms with Gasteiger partial charge in [0, 0.05) is 40.5 Å². The Balaban J connectivity index is 1.40. The average Bonchev–Trinajstić information content (AvgIpc) is 3.56. The van der Waals surface area contributed by atoms with Crippen LogP contribution >= 0.6 is 0 Å². The minimum absolute atomic E-state index is 0.0354. The molecule has 2 aromatic heterocycles. The summed E-state index contributed by atoms with van der Waals surface area (Å²) in [4.78, 5) is 10.7. The Morgan fingerprint density at radius 2 is 1.89 bits per heavy atom. The number of ether oxygens (including phenoxy) is 1. The van der Waals surface area contributed by atoms with Crippen LogP contribution in [0.1, 0.15) is 29.3 Å². The summed E-state index contributed by atoms with van der Waals surface area (Å²) >= 11 is 0. The van der Waals surface area contributed by atoms with Crippen molar-refractivity contribution >= 4 is 20.7 Å². The van der Waals surface area contributed by atoms with E-state index in [9.17, 15) is 17.9 Å². The number of benzene rings is 3. The predicted octanol–water partition coefficient (Wildman–Crippen LogP) is 5.64. The van der Waals surface area contributed by atoms with E-state index in [-0.39, 0.29) is 11.5 Å². The molecule has 2 heterocycles. The fraction of sp³-hybridized carbons (Fsp3) is 0.207. The Kier molecular flexibility index (Phi) is 6.58. The van der Waals surface area contributed by atoms with Crippen LogP contribution in [0.5, 0.6) is 11.5 Å². The topological polar surface area (TPSA) is 108 Å². The Morgan fingerprint density at radius 1 is 1.11 bits per heavy atom. The number of H-pyrrole nitrogens is 2. The molecule has 1 unspecified atom stereocenters. The van der Waals surface area contributed by atoms with E-state index >= 15 is 0 Å². The summed E-state index contributed by atoms with van der Waals surface area (Å²) < 4.78 is 43.8. The first kappa shape index (κ1) is 25.7. The van der Waals surface area contributed by atoms with Crippen LogP contribution in [0.2, 0.25) is 0 Å². The van der Waals surface area contributed by atoms with Crippen molar-refractivity contribution in [3.05, 3.63) is 101 Å². The fourth-order valence-electron chi connectivity index (χ4n) is 4.48. The molecular weight excluding hydrogens is 505 g/mol. The maximum absolute atomic E-state index is 14.8. The molecule has 0 saturated carbocycles. The summed E-state index contributed by atoms with van der Waals surface area (Å²) in [6.45, 7) is 3.47. The van der Waals surface area contributed by atoms with Gasteiger partial charge in [0.25, 0.3) is 0 Å². The molecule has 0 radical (unpaired) electrons. The summed E-state index contributed by atoms with van der Waals surface area (Å²) in [5.41, 5.74) is 2.61. The van der Waals surface area contributed by atoms with Gasteiger partial charge in [0.15, 0.2) is 11.6 Å². The predicted molar refractivity (Wildman–Crippen MR) is 146 cm³/mol. The van der Waals surface area contributed by atoms with Gasteiger partial charge in [-0.25, -0.2) is 17.8 Å². The molecule has 0 aliphatic rings. The number of aryl methyl sites for hydroxylation is 2. The van der Waals surface area contributed by atoms with E-state index in [0.717, 1.165) is 10.9 Å². The van der Waals surface area contributed by atoms with Gasteiger partial charge in [0.2, 0.25) is 0 Å². The number of imidazole rings is 1. The van der Waals surface area contributed by atoms with Crippen LogP contribution in [-0.4, -0.2) is 40.5 Å². The Bertz CT molecular complexity index is 1740. The molecule has 0 aliphatic carbocycles. The van der Waals surface area contributed by atoms with E-state index in [4.69, 9.17) is 4.74 Å². The number of aromatic amines is 2. The van der Waals surface area contributed by atoms with Crippen molar-refractivity contribution < 1.29 is 22.7 Å². The molecule has 1 atom stereocenters. The zero-order valence-electron chi connectivity index (χ0n) is 21.2. The third-order valence-corrected chi connectivity index (χ3v) is 7.64. The molecule has 9 heteroatoms.